The van der Waals surface area contributed by atoms with Gasteiger partial charge in [-0.15, -0.1) is 11.8 Å². The summed E-state index contributed by atoms with van der Waals surface area (Å²) in [4.78, 5) is 27.9. The van der Waals surface area contributed by atoms with Crippen molar-refractivity contribution in [3.63, 3.8) is 0 Å². The Kier molecular flexibility index (Phi) is 5.90. The molecule has 0 aromatic heterocycles. The fourth-order valence-electron chi connectivity index (χ4n) is 4.13. The summed E-state index contributed by atoms with van der Waals surface area (Å²) in [6.45, 7) is 2.01. The second-order valence-corrected chi connectivity index (χ2v) is 8.73. The van der Waals surface area contributed by atoms with E-state index >= 15 is 0 Å². The molecule has 0 bridgehead atoms. The number of amides is 2. The van der Waals surface area contributed by atoms with E-state index in [1.165, 1.54) is 12.7 Å². The minimum atomic E-state index is -0.491. The van der Waals surface area contributed by atoms with E-state index in [2.05, 4.69) is 17.4 Å². The van der Waals surface area contributed by atoms with Crippen LogP contribution in [0.4, 0.5) is 0 Å². The predicted molar refractivity (Wildman–Crippen MR) is 117 cm³/mol. The Morgan fingerprint density at radius 2 is 1.97 bits per heavy atom. The molecule has 6 nitrogen and oxygen atoms in total. The van der Waals surface area contributed by atoms with Crippen molar-refractivity contribution in [2.24, 2.45) is 0 Å². The zero-order chi connectivity index (χ0) is 21.3. The van der Waals surface area contributed by atoms with Crippen molar-refractivity contribution in [1.82, 2.24) is 10.2 Å². The van der Waals surface area contributed by atoms with Crippen LogP contribution in [0.15, 0.2) is 42.5 Å². The highest BCUT2D eigenvalue weighted by Gasteiger charge is 2.50. The number of carbonyl (C=O) groups is 2. The molecule has 7 heteroatoms. The number of aryl methyl sites for hydroxylation is 1. The Balaban J connectivity index is 1.45. The smallest absolute Gasteiger partial charge is 0.260 e. The van der Waals surface area contributed by atoms with E-state index < -0.39 is 6.04 Å². The van der Waals surface area contributed by atoms with Gasteiger partial charge in [-0.2, -0.15) is 0 Å². The summed E-state index contributed by atoms with van der Waals surface area (Å²) in [6.07, 6.45) is 1.74. The minimum Gasteiger partial charge on any atom is -0.493 e. The van der Waals surface area contributed by atoms with Crippen molar-refractivity contribution in [3.8, 4) is 11.5 Å². The van der Waals surface area contributed by atoms with Crippen LogP contribution in [-0.2, 0) is 11.2 Å². The van der Waals surface area contributed by atoms with Crippen molar-refractivity contribution >= 4 is 23.6 Å². The lowest BCUT2D eigenvalue weighted by molar-refractivity contribution is -0.125. The third-order valence-corrected chi connectivity index (χ3v) is 7.00. The maximum atomic E-state index is 13.2. The van der Waals surface area contributed by atoms with Crippen LogP contribution in [0.25, 0.3) is 0 Å². The fraction of sp³-hybridized carbons (Fsp3) is 0.391. The molecular weight excluding hydrogens is 400 g/mol. The number of benzene rings is 2. The molecule has 2 aromatic carbocycles. The molecule has 1 N–H and O–H groups in total. The van der Waals surface area contributed by atoms with E-state index in [9.17, 15) is 9.59 Å². The summed E-state index contributed by atoms with van der Waals surface area (Å²) in [5.74, 6) is 1.27. The third kappa shape index (κ3) is 3.62. The van der Waals surface area contributed by atoms with Crippen LogP contribution >= 0.6 is 11.8 Å². The predicted octanol–water partition coefficient (Wildman–Crippen LogP) is 3.41. The van der Waals surface area contributed by atoms with Gasteiger partial charge in [0.05, 0.1) is 19.8 Å². The number of carbonyl (C=O) groups excluding carboxylic acids is 2. The molecule has 0 spiro atoms. The highest BCUT2D eigenvalue weighted by molar-refractivity contribution is 7.99. The normalized spacial score (nSPS) is 20.5. The molecule has 4 rings (SSSR count). The van der Waals surface area contributed by atoms with Gasteiger partial charge < -0.3 is 19.7 Å². The molecule has 2 heterocycles. The van der Waals surface area contributed by atoms with E-state index in [4.69, 9.17) is 9.47 Å². The first-order valence-electron chi connectivity index (χ1n) is 10.1. The first-order chi connectivity index (χ1) is 14.5. The highest BCUT2D eigenvalue weighted by Crippen LogP contribution is 2.52. The Hall–Kier alpha value is -2.67. The molecule has 0 radical (unpaired) electrons. The molecule has 2 aromatic rings. The lowest BCUT2D eigenvalue weighted by Crippen LogP contribution is -2.48. The van der Waals surface area contributed by atoms with Crippen molar-refractivity contribution in [3.05, 3.63) is 59.2 Å². The quantitative estimate of drug-likeness (QED) is 0.735. The summed E-state index contributed by atoms with van der Waals surface area (Å²) in [5, 5.41) is 2.94. The van der Waals surface area contributed by atoms with E-state index in [0.29, 0.717) is 22.8 Å². The average molecular weight is 427 g/mol. The lowest BCUT2D eigenvalue weighted by Gasteiger charge is -2.24. The van der Waals surface area contributed by atoms with E-state index in [1.807, 2.05) is 37.3 Å². The minimum absolute atomic E-state index is 0.0245. The molecule has 0 aliphatic carbocycles. The second kappa shape index (κ2) is 8.60. The van der Waals surface area contributed by atoms with Gasteiger partial charge in [-0.3, -0.25) is 9.59 Å². The van der Waals surface area contributed by atoms with Crippen molar-refractivity contribution in [2.75, 3.05) is 20.0 Å². The standard InChI is InChI=1S/C23H26N2O4S/c1-14(9-10-15-7-5-4-6-8-15)24-21(26)17-13-30-23-16-11-12-18(28-2)20(29-3)19(16)22(27)25(17)23/h4-8,11-12,14,17,23H,9-10,13H2,1-3H3,(H,24,26)/t14-,17+,23-/m1/s1. The number of fused-ring (bicyclic) bond motifs is 3. The monoisotopic (exact) mass is 426 g/mol. The van der Waals surface area contributed by atoms with Crippen molar-refractivity contribution in [1.29, 1.82) is 0 Å². The van der Waals surface area contributed by atoms with Gasteiger partial charge >= 0.3 is 0 Å². The molecular formula is C23H26N2O4S. The summed E-state index contributed by atoms with van der Waals surface area (Å²) in [7, 11) is 3.08. The van der Waals surface area contributed by atoms with Gasteiger partial charge in [0.25, 0.3) is 5.91 Å². The Morgan fingerprint density at radius 1 is 1.20 bits per heavy atom. The number of ether oxygens (including phenoxy) is 2. The summed E-state index contributed by atoms with van der Waals surface area (Å²) >= 11 is 1.61. The van der Waals surface area contributed by atoms with E-state index in [0.717, 1.165) is 18.4 Å². The summed E-state index contributed by atoms with van der Waals surface area (Å²) in [6, 6.07) is 13.5. The number of hydrogen-bond donors (Lipinski definition) is 1. The van der Waals surface area contributed by atoms with Crippen LogP contribution in [0.2, 0.25) is 0 Å². The van der Waals surface area contributed by atoms with Crippen molar-refractivity contribution < 1.29 is 19.1 Å². The number of nitrogens with zero attached hydrogens (tertiary/aromatic N) is 1. The van der Waals surface area contributed by atoms with Crippen molar-refractivity contribution in [2.45, 2.75) is 37.2 Å². The number of methoxy groups -OCH3 is 2. The molecule has 30 heavy (non-hydrogen) atoms. The van der Waals surface area contributed by atoms with Gasteiger partial charge in [-0.05, 0) is 31.4 Å². The topological polar surface area (TPSA) is 67.9 Å². The van der Waals surface area contributed by atoms with Gasteiger partial charge in [0, 0.05) is 17.4 Å². The Bertz CT molecular complexity index is 950. The largest absolute Gasteiger partial charge is 0.493 e. The molecule has 2 aliphatic heterocycles. The van der Waals surface area contributed by atoms with Crippen LogP contribution in [-0.4, -0.2) is 48.8 Å². The van der Waals surface area contributed by atoms with Gasteiger partial charge in [-0.25, -0.2) is 0 Å². The zero-order valence-corrected chi connectivity index (χ0v) is 18.2. The second-order valence-electron chi connectivity index (χ2n) is 7.61. The molecule has 1 fully saturated rings. The third-order valence-electron chi connectivity index (χ3n) is 5.69. The Labute approximate surface area is 180 Å². The molecule has 0 saturated carbocycles. The fourth-order valence-corrected chi connectivity index (χ4v) is 5.59. The molecule has 158 valence electrons. The maximum absolute atomic E-state index is 13.2. The maximum Gasteiger partial charge on any atom is 0.260 e. The SMILES string of the molecule is COc1ccc2c(c1OC)C(=O)N1[C@@H]2SC[C@H]1C(=O)N[C@H](C)CCc1ccccc1. The first kappa shape index (κ1) is 20.6. The average Bonchev–Trinajstić information content (AvgIpc) is 3.32. The molecule has 1 saturated heterocycles. The van der Waals surface area contributed by atoms with E-state index in [1.54, 1.807) is 23.8 Å². The molecule has 2 aliphatic rings. The number of nitrogens with one attached hydrogen (secondary N) is 1. The lowest BCUT2D eigenvalue weighted by atomic mass is 10.1. The van der Waals surface area contributed by atoms with Gasteiger partial charge in [-0.1, -0.05) is 36.4 Å². The molecule has 3 atom stereocenters. The number of rotatable bonds is 7. The summed E-state index contributed by atoms with van der Waals surface area (Å²) < 4.78 is 10.8. The van der Waals surface area contributed by atoms with Crippen LogP contribution in [0, 0.1) is 0 Å². The highest BCUT2D eigenvalue weighted by atomic mass is 32.2. The molecule has 0 unspecified atom stereocenters. The van der Waals surface area contributed by atoms with E-state index in [-0.39, 0.29) is 23.2 Å². The van der Waals surface area contributed by atoms with Crippen LogP contribution in [0.1, 0.15) is 40.2 Å². The van der Waals surface area contributed by atoms with Gasteiger partial charge in [0.1, 0.15) is 11.4 Å². The number of thioether (sulfide) groups is 1. The van der Waals surface area contributed by atoms with Crippen LogP contribution in [0.3, 0.4) is 0 Å². The van der Waals surface area contributed by atoms with Gasteiger partial charge in [0.2, 0.25) is 5.91 Å². The Morgan fingerprint density at radius 3 is 2.67 bits per heavy atom. The van der Waals surface area contributed by atoms with Crippen LogP contribution < -0.4 is 14.8 Å². The van der Waals surface area contributed by atoms with Gasteiger partial charge in [0.15, 0.2) is 11.5 Å². The first-order valence-corrected chi connectivity index (χ1v) is 11.1. The van der Waals surface area contributed by atoms with Crippen LogP contribution in [0.5, 0.6) is 11.5 Å². The molecule has 2 amide bonds. The summed E-state index contributed by atoms with van der Waals surface area (Å²) in [5.41, 5.74) is 2.64. The number of hydrogen-bond acceptors (Lipinski definition) is 5. The zero-order valence-electron chi connectivity index (χ0n) is 17.4.